The number of ether oxygens (including phenoxy) is 1. The number of carbonyl (C=O) groups excluding carboxylic acids is 1. The third-order valence-electron chi connectivity index (χ3n) is 3.27. The average Bonchev–Trinajstić information content (AvgIpc) is 2.38. The molecule has 0 atom stereocenters. The number of benzene rings is 1. The minimum absolute atomic E-state index is 0.414. The van der Waals surface area contributed by atoms with Gasteiger partial charge in [-0.15, -0.1) is 0 Å². The lowest BCUT2D eigenvalue weighted by molar-refractivity contribution is 0.107. The molecule has 1 aliphatic rings. The first-order valence-corrected chi connectivity index (χ1v) is 6.31. The fourth-order valence-corrected chi connectivity index (χ4v) is 2.26. The molecule has 0 amide bonds. The predicted molar refractivity (Wildman–Crippen MR) is 72.9 cm³/mol. The highest BCUT2D eigenvalue weighted by Crippen LogP contribution is 2.27. The van der Waals surface area contributed by atoms with Crippen LogP contribution in [0, 0.1) is 0 Å². The lowest BCUT2D eigenvalue weighted by Crippen LogP contribution is -2.44. The summed E-state index contributed by atoms with van der Waals surface area (Å²) in [6, 6.07) is 5.52. The van der Waals surface area contributed by atoms with E-state index in [-0.39, 0.29) is 0 Å². The lowest BCUT2D eigenvalue weighted by Gasteiger charge is -2.34. The number of carbonyl (C=O) groups is 1. The molecular formula is C13H17ClN2O2. The zero-order valence-electron chi connectivity index (χ0n) is 10.6. The molecule has 0 saturated carbocycles. The van der Waals surface area contributed by atoms with Gasteiger partial charge in [0.25, 0.3) is 5.24 Å². The molecule has 2 rings (SSSR count). The summed E-state index contributed by atoms with van der Waals surface area (Å²) in [4.78, 5) is 15.8. The second-order valence-electron chi connectivity index (χ2n) is 4.45. The van der Waals surface area contributed by atoms with E-state index in [0.717, 1.165) is 31.9 Å². The van der Waals surface area contributed by atoms with Gasteiger partial charge in [-0.1, -0.05) is 0 Å². The molecular weight excluding hydrogens is 252 g/mol. The van der Waals surface area contributed by atoms with Gasteiger partial charge in [-0.2, -0.15) is 0 Å². The van der Waals surface area contributed by atoms with Crippen LogP contribution in [0.25, 0.3) is 0 Å². The van der Waals surface area contributed by atoms with Gasteiger partial charge < -0.3 is 14.5 Å². The molecule has 1 heterocycles. The Morgan fingerprint density at radius 2 is 1.94 bits per heavy atom. The van der Waals surface area contributed by atoms with Crippen LogP contribution in [0.4, 0.5) is 5.69 Å². The van der Waals surface area contributed by atoms with E-state index >= 15 is 0 Å². The van der Waals surface area contributed by atoms with Crippen molar-refractivity contribution in [1.82, 2.24) is 4.90 Å². The first kappa shape index (κ1) is 13.2. The molecule has 1 aromatic rings. The van der Waals surface area contributed by atoms with Crippen molar-refractivity contribution >= 4 is 22.5 Å². The molecule has 1 saturated heterocycles. The van der Waals surface area contributed by atoms with E-state index in [0.29, 0.717) is 11.3 Å². The first-order chi connectivity index (χ1) is 8.61. The average molecular weight is 269 g/mol. The van der Waals surface area contributed by atoms with Crippen LogP contribution in [0.5, 0.6) is 5.75 Å². The molecule has 0 radical (unpaired) electrons. The fourth-order valence-electron chi connectivity index (χ4n) is 2.10. The number of halogens is 1. The number of likely N-dealkylation sites (N-methyl/N-ethyl adjacent to an activating group) is 1. The van der Waals surface area contributed by atoms with Gasteiger partial charge in [0.2, 0.25) is 0 Å². The van der Waals surface area contributed by atoms with Gasteiger partial charge in [0.1, 0.15) is 5.75 Å². The molecule has 0 spiro atoms. The van der Waals surface area contributed by atoms with Crippen LogP contribution in [0.2, 0.25) is 0 Å². The Kier molecular flexibility index (Phi) is 4.09. The number of rotatable bonds is 3. The molecule has 1 fully saturated rings. The number of methoxy groups -OCH3 is 1. The maximum Gasteiger partial charge on any atom is 0.256 e. The van der Waals surface area contributed by atoms with Crippen molar-refractivity contribution in [2.45, 2.75) is 0 Å². The Morgan fingerprint density at radius 3 is 2.50 bits per heavy atom. The summed E-state index contributed by atoms with van der Waals surface area (Å²) in [5.74, 6) is 0.534. The van der Waals surface area contributed by atoms with E-state index < -0.39 is 5.24 Å². The van der Waals surface area contributed by atoms with Crippen molar-refractivity contribution in [3.63, 3.8) is 0 Å². The normalized spacial score (nSPS) is 16.7. The molecule has 0 N–H and O–H groups in total. The van der Waals surface area contributed by atoms with E-state index in [9.17, 15) is 4.79 Å². The van der Waals surface area contributed by atoms with Gasteiger partial charge in [0.05, 0.1) is 12.7 Å². The third kappa shape index (κ3) is 2.76. The Labute approximate surface area is 112 Å². The monoisotopic (exact) mass is 268 g/mol. The smallest absolute Gasteiger partial charge is 0.256 e. The summed E-state index contributed by atoms with van der Waals surface area (Å²) < 4.78 is 5.22. The first-order valence-electron chi connectivity index (χ1n) is 5.93. The summed E-state index contributed by atoms with van der Waals surface area (Å²) in [5, 5.41) is -0.489. The van der Waals surface area contributed by atoms with Crippen molar-refractivity contribution < 1.29 is 9.53 Å². The SMILES string of the molecule is COc1cc(N2CCN(C)CC2)ccc1C(=O)Cl. The Morgan fingerprint density at radius 1 is 1.28 bits per heavy atom. The van der Waals surface area contributed by atoms with Gasteiger partial charge >= 0.3 is 0 Å². The summed E-state index contributed by atoms with van der Waals surface area (Å²) >= 11 is 5.51. The lowest BCUT2D eigenvalue weighted by atomic mass is 10.1. The van der Waals surface area contributed by atoms with Crippen molar-refractivity contribution in [3.8, 4) is 5.75 Å². The van der Waals surface area contributed by atoms with Gasteiger partial charge in [0.15, 0.2) is 0 Å². The number of hydrogen-bond donors (Lipinski definition) is 0. The van der Waals surface area contributed by atoms with Gasteiger partial charge in [-0.3, -0.25) is 4.79 Å². The zero-order chi connectivity index (χ0) is 13.1. The van der Waals surface area contributed by atoms with Crippen molar-refractivity contribution in [1.29, 1.82) is 0 Å². The molecule has 1 aromatic carbocycles. The molecule has 0 aliphatic carbocycles. The Balaban J connectivity index is 2.22. The maximum absolute atomic E-state index is 11.2. The van der Waals surface area contributed by atoms with Crippen LogP contribution < -0.4 is 9.64 Å². The minimum Gasteiger partial charge on any atom is -0.496 e. The van der Waals surface area contributed by atoms with E-state index in [1.807, 2.05) is 12.1 Å². The van der Waals surface area contributed by atoms with Crippen LogP contribution in [0.3, 0.4) is 0 Å². The molecule has 0 bridgehead atoms. The number of anilines is 1. The van der Waals surface area contributed by atoms with Crippen molar-refractivity contribution in [3.05, 3.63) is 23.8 Å². The molecule has 18 heavy (non-hydrogen) atoms. The van der Waals surface area contributed by atoms with Crippen LogP contribution in [0.1, 0.15) is 10.4 Å². The summed E-state index contributed by atoms with van der Waals surface area (Å²) in [6.07, 6.45) is 0. The number of hydrogen-bond acceptors (Lipinski definition) is 4. The minimum atomic E-state index is -0.489. The van der Waals surface area contributed by atoms with E-state index in [4.69, 9.17) is 16.3 Å². The van der Waals surface area contributed by atoms with Crippen LogP contribution >= 0.6 is 11.6 Å². The highest BCUT2D eigenvalue weighted by molar-refractivity contribution is 6.68. The third-order valence-corrected chi connectivity index (χ3v) is 3.47. The molecule has 5 heteroatoms. The summed E-state index contributed by atoms with van der Waals surface area (Å²) in [6.45, 7) is 4.04. The van der Waals surface area contributed by atoms with E-state index in [2.05, 4.69) is 16.8 Å². The van der Waals surface area contributed by atoms with E-state index in [1.54, 1.807) is 13.2 Å². The van der Waals surface area contributed by atoms with Crippen molar-refractivity contribution in [2.24, 2.45) is 0 Å². The highest BCUT2D eigenvalue weighted by atomic mass is 35.5. The summed E-state index contributed by atoms with van der Waals surface area (Å²) in [7, 11) is 3.67. The fraction of sp³-hybridized carbons (Fsp3) is 0.462. The van der Waals surface area contributed by atoms with Crippen LogP contribution in [0.15, 0.2) is 18.2 Å². The van der Waals surface area contributed by atoms with Crippen LogP contribution in [-0.2, 0) is 0 Å². The van der Waals surface area contributed by atoms with Crippen LogP contribution in [-0.4, -0.2) is 50.5 Å². The Hall–Kier alpha value is -1.26. The zero-order valence-corrected chi connectivity index (χ0v) is 11.4. The molecule has 98 valence electrons. The molecule has 0 unspecified atom stereocenters. The van der Waals surface area contributed by atoms with Gasteiger partial charge in [0, 0.05) is 37.9 Å². The summed E-state index contributed by atoms with van der Waals surface area (Å²) in [5.41, 5.74) is 1.48. The number of nitrogens with zero attached hydrogens (tertiary/aromatic N) is 2. The molecule has 0 aromatic heterocycles. The second kappa shape index (κ2) is 5.59. The Bertz CT molecular complexity index is 443. The highest BCUT2D eigenvalue weighted by Gasteiger charge is 2.17. The standard InChI is InChI=1S/C13H17ClN2O2/c1-15-5-7-16(8-6-15)10-3-4-11(13(14)17)12(9-10)18-2/h3-4,9H,5-8H2,1-2H3. The van der Waals surface area contributed by atoms with Crippen molar-refractivity contribution in [2.75, 3.05) is 45.2 Å². The molecule has 1 aliphatic heterocycles. The van der Waals surface area contributed by atoms with Gasteiger partial charge in [-0.05, 0) is 30.8 Å². The van der Waals surface area contributed by atoms with E-state index in [1.165, 1.54) is 0 Å². The second-order valence-corrected chi connectivity index (χ2v) is 4.79. The molecule has 4 nitrogen and oxygen atoms in total. The maximum atomic E-state index is 11.2. The topological polar surface area (TPSA) is 32.8 Å². The van der Waals surface area contributed by atoms with Gasteiger partial charge in [-0.25, -0.2) is 0 Å². The largest absolute Gasteiger partial charge is 0.496 e. The quantitative estimate of drug-likeness (QED) is 0.783. The predicted octanol–water partition coefficient (Wildman–Crippen LogP) is 1.83. The number of piperazine rings is 1.